The Hall–Kier alpha value is -2.04. The predicted molar refractivity (Wildman–Crippen MR) is 109 cm³/mol. The van der Waals surface area contributed by atoms with E-state index in [4.69, 9.17) is 0 Å². The molecule has 2 heterocycles. The van der Waals surface area contributed by atoms with Gasteiger partial charge < -0.3 is 25.7 Å². The summed E-state index contributed by atoms with van der Waals surface area (Å²) in [5.41, 5.74) is 2.03. The number of unbranched alkanes of at least 4 members (excludes halogenated alkanes) is 3. The lowest BCUT2D eigenvalue weighted by Gasteiger charge is -2.43. The van der Waals surface area contributed by atoms with Gasteiger partial charge >= 0.3 is 0 Å². The summed E-state index contributed by atoms with van der Waals surface area (Å²) in [6.07, 6.45) is 4.20. The van der Waals surface area contributed by atoms with Gasteiger partial charge in [-0.25, -0.2) is 4.68 Å². The van der Waals surface area contributed by atoms with Crippen molar-refractivity contribution in [2.75, 3.05) is 31.6 Å². The zero-order valence-electron chi connectivity index (χ0n) is 16.5. The molecule has 0 spiro atoms. The van der Waals surface area contributed by atoms with Gasteiger partial charge in [-0.3, -0.25) is 4.90 Å². The van der Waals surface area contributed by atoms with Crippen molar-refractivity contribution in [1.29, 1.82) is 0 Å². The van der Waals surface area contributed by atoms with Crippen molar-refractivity contribution in [2.24, 2.45) is 0 Å². The van der Waals surface area contributed by atoms with Gasteiger partial charge in [-0.15, -0.1) is 5.10 Å². The number of hydrogen-bond acceptors (Lipinski definition) is 8. The van der Waals surface area contributed by atoms with Crippen molar-refractivity contribution in [3.8, 4) is 5.69 Å². The Kier molecular flexibility index (Phi) is 7.96. The lowest BCUT2D eigenvalue weighted by atomic mass is 9.94. The minimum absolute atomic E-state index is 0.232. The predicted octanol–water partition coefficient (Wildman–Crippen LogP) is -0.00120. The highest BCUT2D eigenvalue weighted by molar-refractivity contribution is 5.48. The highest BCUT2D eigenvalue weighted by Gasteiger charge is 2.40. The first kappa shape index (κ1) is 21.7. The van der Waals surface area contributed by atoms with E-state index in [1.807, 2.05) is 29.2 Å². The molecule has 1 fully saturated rings. The molecule has 0 saturated carbocycles. The minimum Gasteiger partial charge on any atom is -0.395 e. The van der Waals surface area contributed by atoms with Crippen molar-refractivity contribution < 1.29 is 20.4 Å². The van der Waals surface area contributed by atoms with Crippen LogP contribution in [0.4, 0.5) is 5.69 Å². The molecule has 1 saturated heterocycles. The van der Waals surface area contributed by atoms with Gasteiger partial charge in [0.2, 0.25) is 0 Å². The van der Waals surface area contributed by atoms with Crippen molar-refractivity contribution >= 4 is 5.69 Å². The first-order valence-corrected chi connectivity index (χ1v) is 10.2. The summed E-state index contributed by atoms with van der Waals surface area (Å²) in [4.78, 5) is 1.87. The molecule has 9 nitrogen and oxygen atoms in total. The van der Waals surface area contributed by atoms with E-state index in [0.29, 0.717) is 6.54 Å². The highest BCUT2D eigenvalue weighted by Crippen LogP contribution is 2.20. The first-order chi connectivity index (χ1) is 14.1. The number of likely N-dealkylation sites (tertiary alicyclic amines) is 1. The number of aromatic nitrogens is 3. The van der Waals surface area contributed by atoms with Gasteiger partial charge in [-0.2, -0.15) is 0 Å². The maximum atomic E-state index is 10.0. The van der Waals surface area contributed by atoms with Crippen molar-refractivity contribution in [3.05, 3.63) is 36.7 Å². The summed E-state index contributed by atoms with van der Waals surface area (Å²) in [5.74, 6) is 0. The summed E-state index contributed by atoms with van der Waals surface area (Å²) in [6, 6.07) is 7.51. The molecule has 5 N–H and O–H groups in total. The third-order valence-corrected chi connectivity index (χ3v) is 5.47. The Labute approximate surface area is 170 Å². The van der Waals surface area contributed by atoms with Gasteiger partial charge in [-0.05, 0) is 43.7 Å². The second kappa shape index (κ2) is 10.7. The van der Waals surface area contributed by atoms with Crippen LogP contribution in [0.25, 0.3) is 5.69 Å². The second-order valence-corrected chi connectivity index (χ2v) is 7.53. The number of aliphatic hydroxyl groups is 4. The first-order valence-electron chi connectivity index (χ1n) is 10.2. The molecule has 0 aliphatic carbocycles. The summed E-state index contributed by atoms with van der Waals surface area (Å²) in [5, 5.41) is 50.2. The molecular formula is C20H31N5O4. The van der Waals surface area contributed by atoms with Crippen LogP contribution in [-0.4, -0.2) is 90.9 Å². The molecule has 0 unspecified atom stereocenters. The molecule has 0 amide bonds. The van der Waals surface area contributed by atoms with Crippen molar-refractivity contribution in [2.45, 2.75) is 50.0 Å². The minimum atomic E-state index is -1.19. The standard InChI is InChI=1S/C20H31N5O4/c26-14-17-19(28)20(29)18(27)13-24(17)11-4-2-1-3-9-21-15-5-7-16(8-6-15)25-12-10-22-23-25/h5-8,10,12,17-21,26-29H,1-4,9,11,13-14H2/t17-,18+,19-,20-/m1/s1. The van der Waals surface area contributed by atoms with Gasteiger partial charge in [-0.1, -0.05) is 18.1 Å². The van der Waals surface area contributed by atoms with E-state index in [-0.39, 0.29) is 13.2 Å². The van der Waals surface area contributed by atoms with Crippen LogP contribution in [0.3, 0.4) is 0 Å². The summed E-state index contributed by atoms with van der Waals surface area (Å²) in [6.45, 7) is 1.61. The van der Waals surface area contributed by atoms with Gasteiger partial charge in [0.15, 0.2) is 0 Å². The van der Waals surface area contributed by atoms with Crippen LogP contribution in [-0.2, 0) is 0 Å². The molecule has 1 aromatic heterocycles. The van der Waals surface area contributed by atoms with Crippen LogP contribution < -0.4 is 5.32 Å². The van der Waals surface area contributed by atoms with Crippen LogP contribution in [0.5, 0.6) is 0 Å². The molecular weight excluding hydrogens is 374 g/mol. The number of hydrogen-bond donors (Lipinski definition) is 5. The van der Waals surface area contributed by atoms with E-state index in [1.54, 1.807) is 17.1 Å². The summed E-state index contributed by atoms with van der Waals surface area (Å²) < 4.78 is 1.71. The maximum absolute atomic E-state index is 10.0. The highest BCUT2D eigenvalue weighted by atomic mass is 16.4. The Morgan fingerprint density at radius 2 is 1.76 bits per heavy atom. The van der Waals surface area contributed by atoms with E-state index in [0.717, 1.165) is 43.6 Å². The largest absolute Gasteiger partial charge is 0.395 e. The van der Waals surface area contributed by atoms with Crippen molar-refractivity contribution in [1.82, 2.24) is 19.9 Å². The van der Waals surface area contributed by atoms with Crippen LogP contribution in [0.15, 0.2) is 36.7 Å². The van der Waals surface area contributed by atoms with E-state index in [2.05, 4.69) is 15.6 Å². The van der Waals surface area contributed by atoms with Crippen molar-refractivity contribution in [3.63, 3.8) is 0 Å². The third kappa shape index (κ3) is 5.74. The molecule has 9 heteroatoms. The summed E-state index contributed by atoms with van der Waals surface area (Å²) >= 11 is 0. The van der Waals surface area contributed by atoms with Gasteiger partial charge in [0, 0.05) is 18.8 Å². The number of anilines is 1. The number of nitrogens with zero attached hydrogens (tertiary/aromatic N) is 4. The fourth-order valence-electron chi connectivity index (χ4n) is 3.74. The number of benzene rings is 1. The van der Waals surface area contributed by atoms with E-state index >= 15 is 0 Å². The van der Waals surface area contributed by atoms with Crippen LogP contribution in [0.1, 0.15) is 25.7 Å². The molecule has 160 valence electrons. The smallest absolute Gasteiger partial charge is 0.109 e. The summed E-state index contributed by atoms with van der Waals surface area (Å²) in [7, 11) is 0. The number of aliphatic hydroxyl groups excluding tert-OH is 4. The molecule has 0 bridgehead atoms. The normalized spacial score (nSPS) is 25.2. The van der Waals surface area contributed by atoms with Crippen LogP contribution >= 0.6 is 0 Å². The molecule has 1 aliphatic rings. The number of β-amino-alcohol motifs (C(OH)–C–C–N with tert-alkyl or cyclic N) is 1. The van der Waals surface area contributed by atoms with Crippen LogP contribution in [0.2, 0.25) is 0 Å². The zero-order chi connectivity index (χ0) is 20.6. The van der Waals surface area contributed by atoms with E-state index < -0.39 is 24.4 Å². The molecule has 0 radical (unpaired) electrons. The Morgan fingerprint density at radius 1 is 1.00 bits per heavy atom. The lowest BCUT2D eigenvalue weighted by molar-refractivity contribution is -0.145. The molecule has 2 aromatic rings. The van der Waals surface area contributed by atoms with Gasteiger partial charge in [0.1, 0.15) is 12.2 Å². The van der Waals surface area contributed by atoms with Gasteiger partial charge in [0.25, 0.3) is 0 Å². The van der Waals surface area contributed by atoms with E-state index in [9.17, 15) is 20.4 Å². The fourth-order valence-corrected chi connectivity index (χ4v) is 3.74. The molecule has 1 aliphatic heterocycles. The Morgan fingerprint density at radius 3 is 2.45 bits per heavy atom. The maximum Gasteiger partial charge on any atom is 0.109 e. The fraction of sp³-hybridized carbons (Fsp3) is 0.600. The molecule has 1 aromatic carbocycles. The Balaban J connectivity index is 1.30. The molecule has 3 rings (SSSR count). The average Bonchev–Trinajstić information content (AvgIpc) is 3.27. The third-order valence-electron chi connectivity index (χ3n) is 5.47. The quantitative estimate of drug-likeness (QED) is 0.350. The molecule has 29 heavy (non-hydrogen) atoms. The monoisotopic (exact) mass is 405 g/mol. The number of nitrogens with one attached hydrogen (secondary N) is 1. The lowest BCUT2D eigenvalue weighted by Crippen LogP contribution is -2.62. The average molecular weight is 405 g/mol. The van der Waals surface area contributed by atoms with E-state index in [1.165, 1.54) is 0 Å². The Bertz CT molecular complexity index is 712. The topological polar surface area (TPSA) is 127 Å². The number of rotatable bonds is 10. The van der Waals surface area contributed by atoms with Gasteiger partial charge in [0.05, 0.1) is 36.8 Å². The second-order valence-electron chi connectivity index (χ2n) is 7.53. The zero-order valence-corrected chi connectivity index (χ0v) is 16.5. The van der Waals surface area contributed by atoms with Crippen LogP contribution in [0, 0.1) is 0 Å². The molecule has 4 atom stereocenters. The number of piperidine rings is 1. The SMILES string of the molecule is OC[C@@H]1[C@@H](O)[C@H](O)[C@@H](O)CN1CCCCCCNc1ccc(-n2ccnn2)cc1.